The van der Waals surface area contributed by atoms with Crippen LogP contribution in [0.3, 0.4) is 0 Å². The van der Waals surface area contributed by atoms with Crippen LogP contribution in [-0.2, 0) is 4.79 Å². The topological polar surface area (TPSA) is 40.9 Å². The molecule has 4 aliphatic rings. The van der Waals surface area contributed by atoms with Gasteiger partial charge in [0.25, 0.3) is 0 Å². The van der Waals surface area contributed by atoms with Crippen molar-refractivity contribution in [3.63, 3.8) is 0 Å². The molecular formula is C21H27NO. The molecule has 23 heavy (non-hydrogen) atoms. The van der Waals surface area contributed by atoms with Crippen molar-refractivity contribution >= 4 is 5.78 Å². The second-order valence-corrected chi connectivity index (χ2v) is 8.74. The van der Waals surface area contributed by atoms with Crippen LogP contribution in [0.25, 0.3) is 0 Å². The first-order valence-electron chi connectivity index (χ1n) is 9.32. The number of ketones is 1. The molecule has 2 nitrogen and oxygen atoms in total. The van der Waals surface area contributed by atoms with Gasteiger partial charge >= 0.3 is 0 Å². The lowest BCUT2D eigenvalue weighted by molar-refractivity contribution is -0.140. The summed E-state index contributed by atoms with van der Waals surface area (Å²) in [5.74, 6) is 1.80. The van der Waals surface area contributed by atoms with Crippen molar-refractivity contribution in [1.29, 1.82) is 5.26 Å². The first-order chi connectivity index (χ1) is 11.0. The summed E-state index contributed by atoms with van der Waals surface area (Å²) in [6.07, 6.45) is 13.1. The maximum atomic E-state index is 13.2. The zero-order valence-corrected chi connectivity index (χ0v) is 14.4. The predicted octanol–water partition coefficient (Wildman–Crippen LogP) is 4.97. The second-order valence-electron chi connectivity index (χ2n) is 8.74. The third-order valence-electron chi connectivity index (χ3n) is 7.80. The van der Waals surface area contributed by atoms with Crippen LogP contribution in [0.15, 0.2) is 23.3 Å². The maximum absolute atomic E-state index is 13.2. The van der Waals surface area contributed by atoms with Gasteiger partial charge in [-0.15, -0.1) is 0 Å². The van der Waals surface area contributed by atoms with E-state index in [2.05, 4.69) is 26.0 Å². The van der Waals surface area contributed by atoms with Gasteiger partial charge in [-0.1, -0.05) is 37.5 Å². The standard InChI is InChI=1S/C21H27NO/c1-20-11-4-3-5-14(20)6-8-16-17-9-7-15(10-12-22)21(17,2)13-18(23)19(16)20/h6,10,16-17,19H,3-5,7-9,11,13H2,1-2H3/b15-10-. The first-order valence-corrected chi connectivity index (χ1v) is 9.32. The molecule has 0 aromatic heterocycles. The number of hydrogen-bond donors (Lipinski definition) is 0. The smallest absolute Gasteiger partial charge is 0.138 e. The molecule has 0 N–H and O–H groups in total. The minimum atomic E-state index is -0.0512. The highest BCUT2D eigenvalue weighted by Crippen LogP contribution is 2.64. The predicted molar refractivity (Wildman–Crippen MR) is 90.4 cm³/mol. The molecular weight excluding hydrogens is 282 g/mol. The Hall–Kier alpha value is -1.36. The fourth-order valence-corrected chi connectivity index (χ4v) is 6.69. The van der Waals surface area contributed by atoms with E-state index in [1.165, 1.54) is 31.3 Å². The summed E-state index contributed by atoms with van der Waals surface area (Å²) in [4.78, 5) is 13.2. The Balaban J connectivity index is 1.76. The van der Waals surface area contributed by atoms with Crippen molar-refractivity contribution < 1.29 is 4.79 Å². The van der Waals surface area contributed by atoms with Gasteiger partial charge in [-0.2, -0.15) is 5.26 Å². The van der Waals surface area contributed by atoms with Gasteiger partial charge in [0.1, 0.15) is 5.78 Å². The number of nitrogens with zero attached hydrogens (tertiary/aromatic N) is 1. The monoisotopic (exact) mass is 309 g/mol. The summed E-state index contributed by atoms with van der Waals surface area (Å²) in [5.41, 5.74) is 2.89. The van der Waals surface area contributed by atoms with E-state index in [9.17, 15) is 4.79 Å². The Morgan fingerprint density at radius 1 is 1.26 bits per heavy atom. The summed E-state index contributed by atoms with van der Waals surface area (Å²) in [6, 6.07) is 2.22. The van der Waals surface area contributed by atoms with E-state index in [0.29, 0.717) is 24.0 Å². The van der Waals surface area contributed by atoms with Crippen LogP contribution in [0.4, 0.5) is 0 Å². The summed E-state index contributed by atoms with van der Waals surface area (Å²) in [7, 11) is 0. The van der Waals surface area contributed by atoms with Gasteiger partial charge in [-0.05, 0) is 61.2 Å². The third-order valence-corrected chi connectivity index (χ3v) is 7.80. The molecule has 0 spiro atoms. The van der Waals surface area contributed by atoms with Crippen LogP contribution in [-0.4, -0.2) is 5.78 Å². The van der Waals surface area contributed by atoms with Crippen LogP contribution in [0, 0.1) is 39.9 Å². The molecule has 0 saturated heterocycles. The number of nitriles is 1. The van der Waals surface area contributed by atoms with Gasteiger partial charge in [-0.25, -0.2) is 0 Å². The van der Waals surface area contributed by atoms with Crippen molar-refractivity contribution in [3.05, 3.63) is 23.3 Å². The van der Waals surface area contributed by atoms with E-state index in [0.717, 1.165) is 19.3 Å². The number of Topliss-reactive ketones (excluding diaryl/α,β-unsaturated/α-hetero) is 1. The molecule has 4 aliphatic carbocycles. The van der Waals surface area contributed by atoms with Gasteiger partial charge < -0.3 is 0 Å². The Kier molecular flexibility index (Phi) is 3.34. The minimum absolute atomic E-state index is 0.0512. The van der Waals surface area contributed by atoms with Crippen LogP contribution in [0.1, 0.15) is 65.2 Å². The molecule has 3 fully saturated rings. The summed E-state index contributed by atoms with van der Waals surface area (Å²) >= 11 is 0. The Morgan fingerprint density at radius 2 is 2.09 bits per heavy atom. The van der Waals surface area contributed by atoms with Crippen molar-refractivity contribution in [2.75, 3.05) is 0 Å². The van der Waals surface area contributed by atoms with Crippen molar-refractivity contribution in [2.45, 2.75) is 65.2 Å². The van der Waals surface area contributed by atoms with Crippen LogP contribution in [0.2, 0.25) is 0 Å². The van der Waals surface area contributed by atoms with E-state index in [1.54, 1.807) is 11.6 Å². The summed E-state index contributed by atoms with van der Waals surface area (Å²) < 4.78 is 0. The molecule has 0 aromatic carbocycles. The Bertz CT molecular complexity index is 651. The van der Waals surface area contributed by atoms with Crippen LogP contribution in [0.5, 0.6) is 0 Å². The van der Waals surface area contributed by atoms with E-state index in [-0.39, 0.29) is 16.7 Å². The van der Waals surface area contributed by atoms with E-state index in [1.807, 2.05) is 0 Å². The molecule has 3 saturated carbocycles. The van der Waals surface area contributed by atoms with E-state index >= 15 is 0 Å². The highest BCUT2D eigenvalue weighted by molar-refractivity contribution is 5.85. The zero-order chi connectivity index (χ0) is 16.2. The van der Waals surface area contributed by atoms with Crippen LogP contribution < -0.4 is 0 Å². The number of carbonyl (C=O) groups excluding carboxylic acids is 1. The van der Waals surface area contributed by atoms with Gasteiger partial charge in [0, 0.05) is 18.4 Å². The van der Waals surface area contributed by atoms with Crippen molar-refractivity contribution in [3.8, 4) is 6.07 Å². The molecule has 0 amide bonds. The summed E-state index contributed by atoms with van der Waals surface area (Å²) in [6.45, 7) is 4.63. The van der Waals surface area contributed by atoms with E-state index < -0.39 is 0 Å². The highest BCUT2D eigenvalue weighted by Gasteiger charge is 2.60. The molecule has 0 aliphatic heterocycles. The molecule has 5 atom stereocenters. The summed E-state index contributed by atoms with van der Waals surface area (Å²) in [5, 5.41) is 9.10. The van der Waals surface area contributed by atoms with Gasteiger partial charge in [0.2, 0.25) is 0 Å². The Labute approximate surface area is 139 Å². The van der Waals surface area contributed by atoms with E-state index in [4.69, 9.17) is 5.26 Å². The van der Waals surface area contributed by atoms with Gasteiger partial charge in [-0.3, -0.25) is 4.79 Å². The molecule has 0 radical (unpaired) electrons. The maximum Gasteiger partial charge on any atom is 0.138 e. The highest BCUT2D eigenvalue weighted by atomic mass is 16.1. The zero-order valence-electron chi connectivity index (χ0n) is 14.4. The van der Waals surface area contributed by atoms with Gasteiger partial charge in [0.15, 0.2) is 0 Å². The lowest BCUT2D eigenvalue weighted by Crippen LogP contribution is -2.53. The average Bonchev–Trinajstić information content (AvgIpc) is 2.83. The largest absolute Gasteiger partial charge is 0.299 e. The molecule has 0 aromatic rings. The second kappa shape index (κ2) is 5.07. The number of allylic oxidation sites excluding steroid dienone is 4. The molecule has 2 heteroatoms. The van der Waals surface area contributed by atoms with Crippen LogP contribution >= 0.6 is 0 Å². The first kappa shape index (κ1) is 15.2. The number of fused-ring (bicyclic) bond motifs is 5. The van der Waals surface area contributed by atoms with Crippen molar-refractivity contribution in [1.82, 2.24) is 0 Å². The van der Waals surface area contributed by atoms with Gasteiger partial charge in [0.05, 0.1) is 6.07 Å². The number of rotatable bonds is 0. The molecule has 0 bridgehead atoms. The molecule has 4 rings (SSSR count). The molecule has 0 heterocycles. The molecule has 122 valence electrons. The fraction of sp³-hybridized carbons (Fsp3) is 0.714. The average molecular weight is 309 g/mol. The quantitative estimate of drug-likeness (QED) is 0.468. The Morgan fingerprint density at radius 3 is 2.87 bits per heavy atom. The minimum Gasteiger partial charge on any atom is -0.299 e. The number of hydrogen-bond acceptors (Lipinski definition) is 2. The lowest BCUT2D eigenvalue weighted by atomic mass is 9.47. The molecule has 5 unspecified atom stereocenters. The number of carbonyl (C=O) groups is 1. The third kappa shape index (κ3) is 1.95. The van der Waals surface area contributed by atoms with Crippen molar-refractivity contribution in [2.24, 2.45) is 28.6 Å². The fourth-order valence-electron chi connectivity index (χ4n) is 6.69. The SMILES string of the molecule is CC12CCCCC1=CCC1C2C(=O)CC2(C)/C(=C\C#N)CCC12. The lowest BCUT2D eigenvalue weighted by Gasteiger charge is -2.55. The normalized spacial score (nSPS) is 47.3.